The zero-order chi connectivity index (χ0) is 17.0. The van der Waals surface area contributed by atoms with E-state index < -0.39 is 36.7 Å². The van der Waals surface area contributed by atoms with Crippen LogP contribution in [0.5, 0.6) is 0 Å². The number of carboxylic acid groups (broad SMARTS) is 1. The van der Waals surface area contributed by atoms with Crippen molar-refractivity contribution in [3.8, 4) is 0 Å². The van der Waals surface area contributed by atoms with Crippen LogP contribution in [-0.2, 0) is 21.0 Å². The standard InChI is InChI=1S/C13H14F3NO4S2/c14-13(15,16)9-3-4-10(22-9)23(20,21)17-6-8-2-1-5-12(8,7-17)11(18)19/h3-4,8H,1-2,5-7H2,(H,18,19)/t8-,12+/m0/s1. The zero-order valence-corrected chi connectivity index (χ0v) is 13.5. The summed E-state index contributed by atoms with van der Waals surface area (Å²) in [5.41, 5.74) is -1.10. The monoisotopic (exact) mass is 369 g/mol. The predicted molar refractivity (Wildman–Crippen MR) is 75.5 cm³/mol. The number of carbonyl (C=O) groups is 1. The van der Waals surface area contributed by atoms with Crippen molar-refractivity contribution < 1.29 is 31.5 Å². The number of aliphatic carboxylic acids is 1. The fraction of sp³-hybridized carbons (Fsp3) is 0.615. The first-order valence-electron chi connectivity index (χ1n) is 6.98. The highest BCUT2D eigenvalue weighted by atomic mass is 32.2. The van der Waals surface area contributed by atoms with E-state index in [0.717, 1.165) is 22.9 Å². The Hall–Kier alpha value is -1.13. The van der Waals surface area contributed by atoms with Gasteiger partial charge in [-0.05, 0) is 30.9 Å². The number of thiophene rings is 1. The van der Waals surface area contributed by atoms with E-state index in [2.05, 4.69) is 0 Å². The normalized spacial score (nSPS) is 28.9. The van der Waals surface area contributed by atoms with Crippen molar-refractivity contribution in [3.63, 3.8) is 0 Å². The Balaban J connectivity index is 1.90. The number of fused-ring (bicyclic) bond motifs is 1. The van der Waals surface area contributed by atoms with E-state index in [0.29, 0.717) is 12.8 Å². The molecule has 5 nitrogen and oxygen atoms in total. The highest BCUT2D eigenvalue weighted by Gasteiger charge is 2.57. The fourth-order valence-corrected chi connectivity index (χ4v) is 6.40. The average molecular weight is 369 g/mol. The molecule has 2 heterocycles. The van der Waals surface area contributed by atoms with E-state index >= 15 is 0 Å². The van der Waals surface area contributed by atoms with Gasteiger partial charge in [0.2, 0.25) is 0 Å². The van der Waals surface area contributed by atoms with Crippen LogP contribution < -0.4 is 0 Å². The summed E-state index contributed by atoms with van der Waals surface area (Å²) < 4.78 is 63.7. The van der Waals surface area contributed by atoms with Crippen molar-refractivity contribution in [3.05, 3.63) is 17.0 Å². The van der Waals surface area contributed by atoms with Gasteiger partial charge in [0, 0.05) is 13.1 Å². The topological polar surface area (TPSA) is 74.7 Å². The Bertz CT molecular complexity index is 743. The molecule has 10 heteroatoms. The van der Waals surface area contributed by atoms with Crippen LogP contribution in [0.4, 0.5) is 13.2 Å². The third-order valence-electron chi connectivity index (χ3n) is 4.72. The van der Waals surface area contributed by atoms with Crippen LogP contribution in [-0.4, -0.2) is 36.9 Å². The number of rotatable bonds is 3. The summed E-state index contributed by atoms with van der Waals surface area (Å²) in [6.45, 7) is -0.123. The second-order valence-electron chi connectivity index (χ2n) is 5.96. The molecule has 2 aliphatic rings. The van der Waals surface area contributed by atoms with Gasteiger partial charge in [-0.25, -0.2) is 8.42 Å². The summed E-state index contributed by atoms with van der Waals surface area (Å²) in [5.74, 6) is -1.31. The van der Waals surface area contributed by atoms with E-state index in [4.69, 9.17) is 0 Å². The molecular weight excluding hydrogens is 355 g/mol. The molecule has 1 aliphatic heterocycles. The Morgan fingerprint density at radius 2 is 2.09 bits per heavy atom. The highest BCUT2D eigenvalue weighted by Crippen LogP contribution is 2.50. The molecule has 23 heavy (non-hydrogen) atoms. The molecule has 3 rings (SSSR count). The SMILES string of the molecule is O=C(O)[C@@]12CCC[C@H]1CN(S(=O)(=O)c1ccc(C(F)(F)F)s1)C2. The summed E-state index contributed by atoms with van der Waals surface area (Å²) in [4.78, 5) is 10.6. The Labute approximate surface area is 134 Å². The summed E-state index contributed by atoms with van der Waals surface area (Å²) >= 11 is 0.167. The molecular formula is C13H14F3NO4S2. The molecule has 1 N–H and O–H groups in total. The van der Waals surface area contributed by atoms with Gasteiger partial charge < -0.3 is 5.11 Å². The fourth-order valence-electron chi connectivity index (χ4n) is 3.51. The Morgan fingerprint density at radius 1 is 1.39 bits per heavy atom. The maximum absolute atomic E-state index is 12.6. The summed E-state index contributed by atoms with van der Waals surface area (Å²) in [7, 11) is -4.10. The molecule has 1 aliphatic carbocycles. The van der Waals surface area contributed by atoms with Crippen molar-refractivity contribution in [2.75, 3.05) is 13.1 Å². The second-order valence-corrected chi connectivity index (χ2v) is 9.21. The summed E-state index contributed by atoms with van der Waals surface area (Å²) in [6, 6.07) is 1.67. The highest BCUT2D eigenvalue weighted by molar-refractivity contribution is 7.91. The van der Waals surface area contributed by atoms with Crippen molar-refractivity contribution >= 4 is 27.3 Å². The number of nitrogens with zero attached hydrogens (tertiary/aromatic N) is 1. The molecule has 128 valence electrons. The lowest BCUT2D eigenvalue weighted by Gasteiger charge is -2.23. The maximum atomic E-state index is 12.6. The smallest absolute Gasteiger partial charge is 0.425 e. The van der Waals surface area contributed by atoms with Gasteiger partial charge in [0.1, 0.15) is 9.09 Å². The molecule has 0 spiro atoms. The minimum absolute atomic E-state index is 0.0495. The third kappa shape index (κ3) is 2.56. The molecule has 0 aromatic carbocycles. The first kappa shape index (κ1) is 16.7. The number of hydrogen-bond donors (Lipinski definition) is 1. The maximum Gasteiger partial charge on any atom is 0.425 e. The molecule has 1 saturated heterocycles. The lowest BCUT2D eigenvalue weighted by Crippen LogP contribution is -2.37. The summed E-state index contributed by atoms with van der Waals surface area (Å²) in [6.07, 6.45) is -2.85. The molecule has 0 bridgehead atoms. The Morgan fingerprint density at radius 3 is 2.61 bits per heavy atom. The van der Waals surface area contributed by atoms with Gasteiger partial charge in [0.05, 0.1) is 5.41 Å². The van der Waals surface area contributed by atoms with Crippen LogP contribution in [0.15, 0.2) is 16.3 Å². The minimum atomic E-state index is -4.59. The molecule has 1 aromatic heterocycles. The quantitative estimate of drug-likeness (QED) is 0.889. The zero-order valence-electron chi connectivity index (χ0n) is 11.8. The van der Waals surface area contributed by atoms with Gasteiger partial charge in [-0.3, -0.25) is 4.79 Å². The van der Waals surface area contributed by atoms with Crippen molar-refractivity contribution in [1.82, 2.24) is 4.31 Å². The third-order valence-corrected chi connectivity index (χ3v) is 8.13. The van der Waals surface area contributed by atoms with Gasteiger partial charge in [-0.2, -0.15) is 17.5 Å². The second kappa shape index (κ2) is 5.18. The first-order valence-corrected chi connectivity index (χ1v) is 9.23. The largest absolute Gasteiger partial charge is 0.481 e. The van der Waals surface area contributed by atoms with Crippen LogP contribution in [0.1, 0.15) is 24.1 Å². The Kier molecular flexibility index (Phi) is 3.77. The van der Waals surface area contributed by atoms with Crippen molar-refractivity contribution in [2.45, 2.75) is 29.6 Å². The number of sulfonamides is 1. The molecule has 2 atom stereocenters. The van der Waals surface area contributed by atoms with Crippen LogP contribution in [0, 0.1) is 11.3 Å². The van der Waals surface area contributed by atoms with E-state index in [1.165, 1.54) is 0 Å². The van der Waals surface area contributed by atoms with E-state index in [1.54, 1.807) is 0 Å². The van der Waals surface area contributed by atoms with Gasteiger partial charge in [0.25, 0.3) is 10.0 Å². The van der Waals surface area contributed by atoms with Gasteiger partial charge in [-0.1, -0.05) is 6.42 Å². The van der Waals surface area contributed by atoms with E-state index in [1.807, 2.05) is 0 Å². The molecule has 1 saturated carbocycles. The van der Waals surface area contributed by atoms with Gasteiger partial charge >= 0.3 is 12.1 Å². The molecule has 1 aromatic rings. The predicted octanol–water partition coefficient (Wildman–Crippen LogP) is 2.64. The van der Waals surface area contributed by atoms with Crippen molar-refractivity contribution in [1.29, 1.82) is 0 Å². The van der Waals surface area contributed by atoms with Crippen LogP contribution in [0.25, 0.3) is 0 Å². The number of alkyl halides is 3. The molecule has 0 radical (unpaired) electrons. The van der Waals surface area contributed by atoms with Gasteiger partial charge in [0.15, 0.2) is 0 Å². The molecule has 0 unspecified atom stereocenters. The minimum Gasteiger partial charge on any atom is -0.481 e. The first-order chi connectivity index (χ1) is 10.6. The number of halogens is 3. The molecule has 0 amide bonds. The van der Waals surface area contributed by atoms with Crippen molar-refractivity contribution in [2.24, 2.45) is 11.3 Å². The average Bonchev–Trinajstić information content (AvgIpc) is 3.11. The summed E-state index contributed by atoms with van der Waals surface area (Å²) in [5, 5.41) is 9.47. The lowest BCUT2D eigenvalue weighted by molar-refractivity contribution is -0.149. The van der Waals surface area contributed by atoms with E-state index in [-0.39, 0.29) is 30.3 Å². The van der Waals surface area contributed by atoms with E-state index in [9.17, 15) is 31.5 Å². The van der Waals surface area contributed by atoms with Crippen LogP contribution in [0.3, 0.4) is 0 Å². The van der Waals surface area contributed by atoms with Crippen LogP contribution >= 0.6 is 11.3 Å². The molecule has 2 fully saturated rings. The lowest BCUT2D eigenvalue weighted by atomic mass is 9.81. The number of hydrogen-bond acceptors (Lipinski definition) is 4. The van der Waals surface area contributed by atoms with Gasteiger partial charge in [-0.15, -0.1) is 11.3 Å². The van der Waals surface area contributed by atoms with Crippen LogP contribution in [0.2, 0.25) is 0 Å². The number of carboxylic acids is 1.